The van der Waals surface area contributed by atoms with Gasteiger partial charge in [-0.2, -0.15) is 0 Å². The molecule has 16 heavy (non-hydrogen) atoms. The number of aryl methyl sites for hydroxylation is 2. The molecule has 0 fully saturated rings. The lowest BCUT2D eigenvalue weighted by Crippen LogP contribution is -1.92. The standard InChI is InChI=1S/C12H12N2O2/c1-8-12(9(2)16-14-8)10-3-5-11(6-4-10)13-7-15/h3-7H,1-2H3,(H,13,15). The molecule has 4 heteroatoms. The lowest BCUT2D eigenvalue weighted by molar-refractivity contribution is -0.105. The average Bonchev–Trinajstić information content (AvgIpc) is 2.61. The van der Waals surface area contributed by atoms with Crippen LogP contribution >= 0.6 is 0 Å². The molecule has 4 nitrogen and oxygen atoms in total. The van der Waals surface area contributed by atoms with Crippen LogP contribution < -0.4 is 5.32 Å². The third-order valence-electron chi connectivity index (χ3n) is 2.43. The highest BCUT2D eigenvalue weighted by Crippen LogP contribution is 2.27. The van der Waals surface area contributed by atoms with Crippen LogP contribution in [0.4, 0.5) is 5.69 Å². The summed E-state index contributed by atoms with van der Waals surface area (Å²) in [5.41, 5.74) is 3.68. The second-order valence-electron chi connectivity index (χ2n) is 3.54. The van der Waals surface area contributed by atoms with E-state index in [1.165, 1.54) is 0 Å². The van der Waals surface area contributed by atoms with Crippen molar-refractivity contribution < 1.29 is 9.32 Å². The van der Waals surface area contributed by atoms with Gasteiger partial charge in [0.2, 0.25) is 6.41 Å². The van der Waals surface area contributed by atoms with Crippen LogP contribution in [0.1, 0.15) is 11.5 Å². The number of nitrogens with zero attached hydrogens (tertiary/aromatic N) is 1. The van der Waals surface area contributed by atoms with Gasteiger partial charge in [-0.1, -0.05) is 17.3 Å². The maximum atomic E-state index is 10.3. The molecule has 1 N–H and O–H groups in total. The van der Waals surface area contributed by atoms with Crippen molar-refractivity contribution in [2.45, 2.75) is 13.8 Å². The monoisotopic (exact) mass is 216 g/mol. The third kappa shape index (κ3) is 1.82. The number of anilines is 1. The SMILES string of the molecule is Cc1noc(C)c1-c1ccc(NC=O)cc1. The number of aromatic nitrogens is 1. The zero-order valence-electron chi connectivity index (χ0n) is 9.15. The minimum Gasteiger partial charge on any atom is -0.361 e. The van der Waals surface area contributed by atoms with E-state index in [0.29, 0.717) is 6.41 Å². The van der Waals surface area contributed by atoms with Crippen molar-refractivity contribution in [2.24, 2.45) is 0 Å². The van der Waals surface area contributed by atoms with Crippen LogP contribution in [0.15, 0.2) is 28.8 Å². The molecule has 1 aromatic carbocycles. The number of amides is 1. The normalized spacial score (nSPS) is 10.1. The molecule has 0 aliphatic heterocycles. The Morgan fingerprint density at radius 2 is 1.94 bits per heavy atom. The molecule has 0 saturated carbocycles. The number of nitrogens with one attached hydrogen (secondary N) is 1. The molecule has 0 radical (unpaired) electrons. The molecular formula is C12H12N2O2. The summed E-state index contributed by atoms with van der Waals surface area (Å²) in [6.45, 7) is 3.79. The quantitative estimate of drug-likeness (QED) is 0.802. The molecule has 0 atom stereocenters. The molecule has 0 spiro atoms. The number of benzene rings is 1. The van der Waals surface area contributed by atoms with Gasteiger partial charge in [-0.15, -0.1) is 0 Å². The highest BCUT2D eigenvalue weighted by molar-refractivity contribution is 5.74. The summed E-state index contributed by atoms with van der Waals surface area (Å²) in [5, 5.41) is 6.49. The molecule has 2 rings (SSSR count). The van der Waals surface area contributed by atoms with Gasteiger partial charge in [0.05, 0.1) is 5.69 Å². The molecule has 0 saturated heterocycles. The predicted octanol–water partition coefficient (Wildman–Crippen LogP) is 2.53. The number of rotatable bonds is 3. The van der Waals surface area contributed by atoms with Gasteiger partial charge in [0.25, 0.3) is 0 Å². The zero-order chi connectivity index (χ0) is 11.5. The minimum absolute atomic E-state index is 0.658. The Bertz CT molecular complexity index is 481. The summed E-state index contributed by atoms with van der Waals surface area (Å²) in [6, 6.07) is 7.54. The second kappa shape index (κ2) is 4.18. The van der Waals surface area contributed by atoms with E-state index in [2.05, 4.69) is 10.5 Å². The molecule has 82 valence electrons. The van der Waals surface area contributed by atoms with E-state index >= 15 is 0 Å². The average molecular weight is 216 g/mol. The van der Waals surface area contributed by atoms with E-state index in [-0.39, 0.29) is 0 Å². The molecule has 1 amide bonds. The number of hydrogen-bond acceptors (Lipinski definition) is 3. The Labute approximate surface area is 93.3 Å². The van der Waals surface area contributed by atoms with Crippen molar-refractivity contribution in [2.75, 3.05) is 5.32 Å². The second-order valence-corrected chi connectivity index (χ2v) is 3.54. The largest absolute Gasteiger partial charge is 0.361 e. The fraction of sp³-hybridized carbons (Fsp3) is 0.167. The fourth-order valence-electron chi connectivity index (χ4n) is 1.70. The van der Waals surface area contributed by atoms with E-state index in [1.807, 2.05) is 38.1 Å². The molecule has 2 aromatic rings. The Morgan fingerprint density at radius 1 is 1.25 bits per heavy atom. The Hall–Kier alpha value is -2.10. The van der Waals surface area contributed by atoms with Crippen LogP contribution in [0.25, 0.3) is 11.1 Å². The van der Waals surface area contributed by atoms with Crippen molar-refractivity contribution in [1.82, 2.24) is 5.16 Å². The van der Waals surface area contributed by atoms with Crippen molar-refractivity contribution in [3.8, 4) is 11.1 Å². The zero-order valence-corrected chi connectivity index (χ0v) is 9.15. The van der Waals surface area contributed by atoms with Crippen molar-refractivity contribution in [3.63, 3.8) is 0 Å². The lowest BCUT2D eigenvalue weighted by atomic mass is 10.0. The Balaban J connectivity index is 2.38. The van der Waals surface area contributed by atoms with Gasteiger partial charge in [-0.25, -0.2) is 0 Å². The van der Waals surface area contributed by atoms with E-state index in [0.717, 1.165) is 28.3 Å². The van der Waals surface area contributed by atoms with Crippen LogP contribution in [0, 0.1) is 13.8 Å². The Morgan fingerprint density at radius 3 is 2.44 bits per heavy atom. The van der Waals surface area contributed by atoms with Crippen molar-refractivity contribution >= 4 is 12.1 Å². The highest BCUT2D eigenvalue weighted by Gasteiger charge is 2.10. The lowest BCUT2D eigenvalue weighted by Gasteiger charge is -2.02. The number of carbonyl (C=O) groups is 1. The molecule has 0 aliphatic carbocycles. The van der Waals surface area contributed by atoms with E-state index in [1.54, 1.807) is 0 Å². The highest BCUT2D eigenvalue weighted by atomic mass is 16.5. The predicted molar refractivity (Wildman–Crippen MR) is 61.1 cm³/mol. The van der Waals surface area contributed by atoms with E-state index in [9.17, 15) is 4.79 Å². The topological polar surface area (TPSA) is 55.1 Å². The summed E-state index contributed by atoms with van der Waals surface area (Å²) >= 11 is 0. The van der Waals surface area contributed by atoms with Crippen LogP contribution in [0.2, 0.25) is 0 Å². The summed E-state index contributed by atoms with van der Waals surface area (Å²) < 4.78 is 5.11. The first-order valence-electron chi connectivity index (χ1n) is 4.96. The van der Waals surface area contributed by atoms with Crippen LogP contribution in [-0.4, -0.2) is 11.6 Å². The van der Waals surface area contributed by atoms with Crippen molar-refractivity contribution in [1.29, 1.82) is 0 Å². The molecule has 1 heterocycles. The van der Waals surface area contributed by atoms with Crippen LogP contribution in [0.3, 0.4) is 0 Å². The third-order valence-corrected chi connectivity index (χ3v) is 2.43. The first kappa shape index (κ1) is 10.4. The summed E-state index contributed by atoms with van der Waals surface area (Å²) in [4.78, 5) is 10.3. The first-order valence-corrected chi connectivity index (χ1v) is 4.96. The van der Waals surface area contributed by atoms with Crippen LogP contribution in [0.5, 0.6) is 0 Å². The van der Waals surface area contributed by atoms with Gasteiger partial charge in [-0.3, -0.25) is 4.79 Å². The maximum Gasteiger partial charge on any atom is 0.211 e. The fourth-order valence-corrected chi connectivity index (χ4v) is 1.70. The molecule has 0 aliphatic rings. The van der Waals surface area contributed by atoms with Gasteiger partial charge in [-0.05, 0) is 31.5 Å². The van der Waals surface area contributed by atoms with Crippen molar-refractivity contribution in [3.05, 3.63) is 35.7 Å². The minimum atomic E-state index is 0.658. The number of hydrogen-bond donors (Lipinski definition) is 1. The molecular weight excluding hydrogens is 204 g/mol. The first-order chi connectivity index (χ1) is 7.72. The molecule has 1 aromatic heterocycles. The smallest absolute Gasteiger partial charge is 0.211 e. The number of carbonyl (C=O) groups excluding carboxylic acids is 1. The Kier molecular flexibility index (Phi) is 2.72. The summed E-state index contributed by atoms with van der Waals surface area (Å²) in [5.74, 6) is 0.800. The van der Waals surface area contributed by atoms with E-state index < -0.39 is 0 Å². The summed E-state index contributed by atoms with van der Waals surface area (Å²) in [6.07, 6.45) is 0.658. The van der Waals surface area contributed by atoms with Gasteiger partial charge in [0, 0.05) is 11.3 Å². The maximum absolute atomic E-state index is 10.3. The van der Waals surface area contributed by atoms with Gasteiger partial charge >= 0.3 is 0 Å². The van der Waals surface area contributed by atoms with Crippen LogP contribution in [-0.2, 0) is 4.79 Å². The molecule has 0 bridgehead atoms. The summed E-state index contributed by atoms with van der Waals surface area (Å²) in [7, 11) is 0. The van der Waals surface area contributed by atoms with Gasteiger partial charge in [0.1, 0.15) is 5.76 Å². The van der Waals surface area contributed by atoms with E-state index in [4.69, 9.17) is 4.52 Å². The molecule has 0 unspecified atom stereocenters. The van der Waals surface area contributed by atoms with Gasteiger partial charge < -0.3 is 9.84 Å². The van der Waals surface area contributed by atoms with Gasteiger partial charge in [0.15, 0.2) is 0 Å².